The first kappa shape index (κ1) is 29.2. The van der Waals surface area contributed by atoms with Crippen molar-refractivity contribution in [2.24, 2.45) is 0 Å². The fourth-order valence-corrected chi connectivity index (χ4v) is 10.9. The number of aliphatic hydroxyl groups is 1. The van der Waals surface area contributed by atoms with Crippen molar-refractivity contribution in [3.05, 3.63) is 175 Å². The molecule has 1 aromatic heterocycles. The van der Waals surface area contributed by atoms with Crippen molar-refractivity contribution in [3.63, 3.8) is 0 Å². The molecule has 1 unspecified atom stereocenters. The molecule has 3 nitrogen and oxygen atoms in total. The average molecular weight is 684 g/mol. The van der Waals surface area contributed by atoms with E-state index < -0.39 is 7.53 Å². The van der Waals surface area contributed by atoms with Crippen molar-refractivity contribution in [2.75, 3.05) is 0 Å². The third-order valence-corrected chi connectivity index (χ3v) is 13.2. The summed E-state index contributed by atoms with van der Waals surface area (Å²) in [6.45, 7) is 0. The Morgan fingerprint density at radius 2 is 1.00 bits per heavy atom. The Hall–Kier alpha value is -6.54. The lowest BCUT2D eigenvalue weighted by molar-refractivity contribution is 0.541. The topological polar surface area (TPSA) is 38.3 Å². The Bertz CT molecular complexity index is 3250. The van der Waals surface area contributed by atoms with E-state index in [-0.39, 0.29) is 0 Å². The standard InChI is InChI=1S/C48H30NO2P/c50-29-34-28-42-38-14-4-2-12-36(38)35-11-1-3-13-37(35)41(42)26-32-25-31(27-46-48(32)52(34)47-20-10-9-19-45(47)51-46)30-21-23-33(24-22-30)49-43-17-7-5-15-39(43)40-16-6-8-18-44(40)49/h1-29,50H/b34-29-,41-26?,42-28?. The molecule has 52 heavy (non-hydrogen) atoms. The summed E-state index contributed by atoms with van der Waals surface area (Å²) in [5.41, 5.74) is 7.37. The highest BCUT2D eigenvalue weighted by Crippen LogP contribution is 2.51. The summed E-state index contributed by atoms with van der Waals surface area (Å²) in [5, 5.41) is 23.9. The largest absolute Gasteiger partial charge is 0.515 e. The van der Waals surface area contributed by atoms with Crippen molar-refractivity contribution in [1.82, 2.24) is 4.57 Å². The average Bonchev–Trinajstić information content (AvgIpc) is 3.53. The van der Waals surface area contributed by atoms with Gasteiger partial charge in [-0.25, -0.2) is 0 Å². The van der Waals surface area contributed by atoms with Crippen molar-refractivity contribution >= 4 is 89.6 Å². The van der Waals surface area contributed by atoms with Crippen molar-refractivity contribution in [2.45, 2.75) is 0 Å². The van der Waals surface area contributed by atoms with Crippen LogP contribution in [-0.4, -0.2) is 9.67 Å². The lowest BCUT2D eigenvalue weighted by Crippen LogP contribution is -1.99. The van der Waals surface area contributed by atoms with Gasteiger partial charge < -0.3 is 14.1 Å². The molecule has 0 fully saturated rings. The highest BCUT2D eigenvalue weighted by atomic mass is 31.1. The maximum Gasteiger partial charge on any atom is 0.140 e. The van der Waals surface area contributed by atoms with Crippen LogP contribution in [0.3, 0.4) is 0 Å². The smallest absolute Gasteiger partial charge is 0.140 e. The number of aromatic nitrogens is 1. The fraction of sp³-hybridized carbons (Fsp3) is 0. The number of hydrogen-bond donors (Lipinski definition) is 1. The van der Waals surface area contributed by atoms with Crippen LogP contribution >= 0.6 is 7.53 Å². The van der Waals surface area contributed by atoms with Crippen molar-refractivity contribution in [3.8, 4) is 22.1 Å². The Labute approximate surface area is 299 Å². The van der Waals surface area contributed by atoms with Gasteiger partial charge in [-0.2, -0.15) is 0 Å². The summed E-state index contributed by atoms with van der Waals surface area (Å²) in [6, 6.07) is 60.7. The van der Waals surface area contributed by atoms with E-state index in [0.29, 0.717) is 0 Å². The lowest BCUT2D eigenvalue weighted by atomic mass is 9.94. The van der Waals surface area contributed by atoms with Gasteiger partial charge >= 0.3 is 0 Å². The molecule has 3 heterocycles. The van der Waals surface area contributed by atoms with E-state index in [1.165, 1.54) is 49.6 Å². The lowest BCUT2D eigenvalue weighted by Gasteiger charge is -2.17. The SMILES string of the molecule is O/C=c1/cc2c3ccccc3c3ccccc3c2cc2cc(-c3ccc(-n4c5ccccc5c5ccccc54)cc3)cc3oc4ccccc4p1-c23. The molecule has 0 amide bonds. The second-order valence-corrected chi connectivity index (χ2v) is 15.6. The number of benzene rings is 8. The van der Waals surface area contributed by atoms with Crippen molar-refractivity contribution < 1.29 is 9.52 Å². The van der Waals surface area contributed by atoms with Crippen LogP contribution in [0.1, 0.15) is 0 Å². The summed E-state index contributed by atoms with van der Waals surface area (Å²) in [4.78, 5) is 0.895. The van der Waals surface area contributed by atoms with Gasteiger partial charge in [0.2, 0.25) is 0 Å². The Kier molecular flexibility index (Phi) is 6.31. The quantitative estimate of drug-likeness (QED) is 0.145. The molecule has 0 spiro atoms. The molecule has 244 valence electrons. The number of hydrogen-bond acceptors (Lipinski definition) is 2. The first-order valence-corrected chi connectivity index (χ1v) is 18.9. The summed E-state index contributed by atoms with van der Waals surface area (Å²) in [7, 11) is -1.11. The van der Waals surface area contributed by atoms with E-state index in [1.54, 1.807) is 0 Å². The van der Waals surface area contributed by atoms with E-state index >= 15 is 0 Å². The van der Waals surface area contributed by atoms with E-state index in [4.69, 9.17) is 4.42 Å². The van der Waals surface area contributed by atoms with Gasteiger partial charge in [0.25, 0.3) is 0 Å². The van der Waals surface area contributed by atoms with E-state index in [2.05, 4.69) is 162 Å². The van der Waals surface area contributed by atoms with Gasteiger partial charge in [-0.05, 0) is 109 Å². The second-order valence-electron chi connectivity index (χ2n) is 13.5. The van der Waals surface area contributed by atoms with Crippen LogP contribution in [0.5, 0.6) is 0 Å². The molecule has 0 bridgehead atoms. The molecule has 0 saturated heterocycles. The van der Waals surface area contributed by atoms with Crippen LogP contribution in [0.15, 0.2) is 174 Å². The molecule has 1 N–H and O–H groups in total. The van der Waals surface area contributed by atoms with Crippen LogP contribution in [0.2, 0.25) is 0 Å². The Morgan fingerprint density at radius 1 is 0.462 bits per heavy atom. The Balaban J connectivity index is 1.23. The van der Waals surface area contributed by atoms with Crippen LogP contribution in [-0.2, 0) is 0 Å². The molecule has 0 saturated carbocycles. The van der Waals surface area contributed by atoms with Crippen LogP contribution in [0.25, 0.3) is 104 Å². The monoisotopic (exact) mass is 683 g/mol. The number of aliphatic hydroxyl groups excluding tert-OH is 1. The molecule has 8 aromatic carbocycles. The third kappa shape index (κ3) is 4.21. The normalized spacial score (nSPS) is 12.8. The van der Waals surface area contributed by atoms with Gasteiger partial charge in [0.15, 0.2) is 0 Å². The summed E-state index contributed by atoms with van der Waals surface area (Å²) in [6.07, 6.45) is 1.32. The number of rotatable bonds is 2. The summed E-state index contributed by atoms with van der Waals surface area (Å²) >= 11 is 0. The van der Waals surface area contributed by atoms with Gasteiger partial charge in [0.1, 0.15) is 11.2 Å². The number of para-hydroxylation sites is 3. The van der Waals surface area contributed by atoms with Crippen LogP contribution in [0, 0.1) is 0 Å². The van der Waals surface area contributed by atoms with Gasteiger partial charge in [-0.1, -0.05) is 117 Å². The van der Waals surface area contributed by atoms with E-state index in [0.717, 1.165) is 59.5 Å². The van der Waals surface area contributed by atoms with E-state index in [9.17, 15) is 5.11 Å². The van der Waals surface area contributed by atoms with Crippen LogP contribution in [0.4, 0.5) is 0 Å². The van der Waals surface area contributed by atoms with Crippen LogP contribution < -0.4 is 4.95 Å². The first-order valence-electron chi connectivity index (χ1n) is 17.6. The predicted molar refractivity (Wildman–Crippen MR) is 221 cm³/mol. The zero-order valence-corrected chi connectivity index (χ0v) is 28.9. The van der Waals surface area contributed by atoms with E-state index in [1.807, 2.05) is 12.1 Å². The van der Waals surface area contributed by atoms with Gasteiger partial charge in [-0.3, -0.25) is 0 Å². The van der Waals surface area contributed by atoms with Gasteiger partial charge in [0, 0.05) is 31.8 Å². The zero-order valence-electron chi connectivity index (χ0n) is 28.0. The summed E-state index contributed by atoms with van der Waals surface area (Å²) < 4.78 is 9.12. The summed E-state index contributed by atoms with van der Waals surface area (Å²) in [5.74, 6) is 0. The maximum absolute atomic E-state index is 11.0. The molecule has 4 heteroatoms. The molecule has 9 aromatic rings. The van der Waals surface area contributed by atoms with Gasteiger partial charge in [0.05, 0.1) is 17.3 Å². The molecule has 11 rings (SSSR count). The fourth-order valence-electron chi connectivity index (χ4n) is 8.43. The number of nitrogens with zero attached hydrogens (tertiary/aromatic N) is 1. The highest BCUT2D eigenvalue weighted by Gasteiger charge is 2.19. The molecular formula is C48H30NO2P. The minimum atomic E-state index is -1.11. The molecule has 0 radical (unpaired) electrons. The van der Waals surface area contributed by atoms with Crippen molar-refractivity contribution in [1.29, 1.82) is 0 Å². The first-order chi connectivity index (χ1) is 25.7. The molecule has 2 aliphatic rings. The molecular weight excluding hydrogens is 654 g/mol. The maximum atomic E-state index is 11.0. The molecule has 0 aliphatic carbocycles. The Morgan fingerprint density at radius 3 is 1.63 bits per heavy atom. The molecule has 2 aliphatic heterocycles. The zero-order chi connectivity index (χ0) is 34.3. The number of fused-ring (bicyclic) bond motifs is 11. The predicted octanol–water partition coefficient (Wildman–Crippen LogP) is 13.4. The minimum Gasteiger partial charge on any atom is -0.515 e. The third-order valence-electron chi connectivity index (χ3n) is 10.7. The highest BCUT2D eigenvalue weighted by molar-refractivity contribution is 7.62. The molecule has 1 atom stereocenters. The second kappa shape index (κ2) is 11.2. The van der Waals surface area contributed by atoms with Gasteiger partial charge in [-0.15, -0.1) is 0 Å². The minimum absolute atomic E-state index is 0.835.